The van der Waals surface area contributed by atoms with Crippen molar-refractivity contribution in [2.75, 3.05) is 12.8 Å². The van der Waals surface area contributed by atoms with Gasteiger partial charge in [0.1, 0.15) is 0 Å². The van der Waals surface area contributed by atoms with Crippen LogP contribution < -0.4 is 21.2 Å². The van der Waals surface area contributed by atoms with Crippen LogP contribution >= 0.6 is 14.3 Å². The van der Waals surface area contributed by atoms with Gasteiger partial charge in [-0.2, -0.15) is 0 Å². The minimum Gasteiger partial charge on any atom is -0.351 e. The van der Waals surface area contributed by atoms with Gasteiger partial charge in [0.2, 0.25) is 0 Å². The van der Waals surface area contributed by atoms with Crippen LogP contribution in [0.25, 0.3) is 0 Å². The van der Waals surface area contributed by atoms with Gasteiger partial charge in [-0.05, 0) is 74.7 Å². The lowest BCUT2D eigenvalue weighted by atomic mass is 9.93. The van der Waals surface area contributed by atoms with E-state index in [0.717, 1.165) is 19.0 Å². The summed E-state index contributed by atoms with van der Waals surface area (Å²) in [5.41, 5.74) is 0.228. The Balaban J connectivity index is 1.52. The minimum atomic E-state index is -2.33. The van der Waals surface area contributed by atoms with Gasteiger partial charge < -0.3 is 9.47 Å². The molecule has 4 aromatic carbocycles. The number of ether oxygens (including phenoxy) is 2. The van der Waals surface area contributed by atoms with Crippen molar-refractivity contribution in [3.63, 3.8) is 0 Å². The zero-order chi connectivity index (χ0) is 28.5. The fraction of sp³-hybridized carbons (Fsp3) is 0.314. The molecule has 0 amide bonds. The smallest absolute Gasteiger partial charge is 0.351 e. The van der Waals surface area contributed by atoms with Crippen LogP contribution in [0.5, 0.6) is 0 Å². The van der Waals surface area contributed by atoms with Gasteiger partial charge in [-0.3, -0.25) is 0 Å². The number of benzene rings is 4. The van der Waals surface area contributed by atoms with Gasteiger partial charge in [0.25, 0.3) is 0 Å². The molecule has 6 rings (SSSR count). The molecule has 0 unspecified atom stereocenters. The Morgan fingerprint density at radius 2 is 1.12 bits per heavy atom. The number of hydrogen-bond donors (Lipinski definition) is 0. The molecular formula is C35H38B2O2P2+2. The molecule has 4 aromatic rings. The first-order valence-electron chi connectivity index (χ1n) is 14.7. The second kappa shape index (κ2) is 11.8. The van der Waals surface area contributed by atoms with E-state index in [9.17, 15) is 0 Å². The Hall–Kier alpha value is -2.21. The lowest BCUT2D eigenvalue weighted by molar-refractivity contribution is -0.224. The largest absolute Gasteiger partial charge is 0.377 e. The molecule has 1 saturated heterocycles. The van der Waals surface area contributed by atoms with Gasteiger partial charge in [0.15, 0.2) is 5.79 Å². The van der Waals surface area contributed by atoms with Gasteiger partial charge in [0, 0.05) is 26.6 Å². The monoisotopic (exact) mass is 574 g/mol. The summed E-state index contributed by atoms with van der Waals surface area (Å²) in [4.78, 5) is 0. The summed E-state index contributed by atoms with van der Waals surface area (Å²) < 4.78 is 13.0. The molecule has 2 fully saturated rings. The quantitative estimate of drug-likeness (QED) is 0.198. The van der Waals surface area contributed by atoms with E-state index in [4.69, 9.17) is 24.6 Å². The molecule has 204 valence electrons. The van der Waals surface area contributed by atoms with E-state index in [1.54, 1.807) is 0 Å². The second-order valence-electron chi connectivity index (χ2n) is 12.0. The first-order valence-corrected chi connectivity index (χ1v) is 18.7. The van der Waals surface area contributed by atoms with Gasteiger partial charge in [-0.15, -0.1) is 0 Å². The van der Waals surface area contributed by atoms with E-state index in [-0.39, 0.29) is 17.7 Å². The summed E-state index contributed by atoms with van der Waals surface area (Å²) in [6.07, 6.45) is 2.80. The summed E-state index contributed by atoms with van der Waals surface area (Å²) >= 11 is 0. The molecule has 6 heteroatoms. The third-order valence-corrected chi connectivity index (χ3v) is 16.5. The Morgan fingerprint density at radius 1 is 0.683 bits per heavy atom. The van der Waals surface area contributed by atoms with Crippen molar-refractivity contribution in [1.29, 1.82) is 0 Å². The van der Waals surface area contributed by atoms with Crippen LogP contribution in [-0.4, -0.2) is 45.5 Å². The summed E-state index contributed by atoms with van der Waals surface area (Å²) in [7, 11) is 11.0. The highest BCUT2D eigenvalue weighted by Gasteiger charge is 2.61. The van der Waals surface area contributed by atoms with Crippen LogP contribution in [0.4, 0.5) is 0 Å². The number of hydrogen-bond acceptors (Lipinski definition) is 2. The standard InChI is InChI=1S/C35H38B2O2P2/c1-35(2)38-24-23-31-32(26-40(36,27-15-7-3-8-16-27)28-17-9-4-10-18-28)34(25-33(31)39-35)41(37,29-19-11-5-12-20-29)30-21-13-6-14-22-30/h3-22,31-34H,23-26H2,1-2H3/q+2/t31-,32-,33+,34+/m1/s1. The summed E-state index contributed by atoms with van der Waals surface area (Å²) in [6.45, 7) is 4.77. The van der Waals surface area contributed by atoms with Crippen molar-refractivity contribution in [2.24, 2.45) is 11.8 Å². The zero-order valence-corrected chi connectivity index (χ0v) is 25.8. The second-order valence-corrected chi connectivity index (χ2v) is 18.4. The van der Waals surface area contributed by atoms with Gasteiger partial charge in [0.05, 0.1) is 45.7 Å². The molecule has 1 saturated carbocycles. The van der Waals surface area contributed by atoms with E-state index in [2.05, 4.69) is 121 Å². The maximum absolute atomic E-state index is 7.89. The lowest BCUT2D eigenvalue weighted by Crippen LogP contribution is -2.39. The third-order valence-electron chi connectivity index (χ3n) is 9.15. The van der Waals surface area contributed by atoms with Crippen LogP contribution in [0.15, 0.2) is 121 Å². The predicted octanol–water partition coefficient (Wildman–Crippen LogP) is 6.04. The van der Waals surface area contributed by atoms with Crippen molar-refractivity contribution in [3.05, 3.63) is 121 Å². The van der Waals surface area contributed by atoms with Crippen LogP contribution in [0, 0.1) is 11.8 Å². The molecule has 2 nitrogen and oxygen atoms in total. The third kappa shape index (κ3) is 5.62. The molecular weight excluding hydrogens is 536 g/mol. The zero-order valence-electron chi connectivity index (χ0n) is 24.1. The summed E-state index contributed by atoms with van der Waals surface area (Å²) in [5.74, 6) is -0.0375. The summed E-state index contributed by atoms with van der Waals surface area (Å²) in [6, 6.07) is 43.1. The van der Waals surface area contributed by atoms with Crippen molar-refractivity contribution >= 4 is 50.6 Å². The van der Waals surface area contributed by atoms with Crippen LogP contribution in [0.2, 0.25) is 0 Å². The molecule has 41 heavy (non-hydrogen) atoms. The SMILES string of the molecule is [B][P+](C[C@@H]1[C@H]2CCOC(C)(C)O[C@H]2C[C@@H]1[P+]([B])(c1ccccc1)c1ccccc1)(c1ccccc1)c1ccccc1. The van der Waals surface area contributed by atoms with E-state index < -0.39 is 20.1 Å². The van der Waals surface area contributed by atoms with E-state index in [1.165, 1.54) is 21.2 Å². The van der Waals surface area contributed by atoms with Crippen LogP contribution in [-0.2, 0) is 9.47 Å². The van der Waals surface area contributed by atoms with Gasteiger partial charge in [-0.25, -0.2) is 0 Å². The normalized spacial score (nSPS) is 24.3. The van der Waals surface area contributed by atoms with E-state index in [1.807, 2.05) is 13.8 Å². The lowest BCUT2D eigenvalue weighted by Gasteiger charge is -2.37. The van der Waals surface area contributed by atoms with Crippen molar-refractivity contribution in [2.45, 2.75) is 44.2 Å². The molecule has 0 bridgehead atoms. The van der Waals surface area contributed by atoms with Crippen molar-refractivity contribution < 1.29 is 9.47 Å². The maximum atomic E-state index is 7.89. The van der Waals surface area contributed by atoms with Gasteiger partial charge >= 0.3 is 15.1 Å². The molecule has 0 N–H and O–H groups in total. The number of fused-ring (bicyclic) bond motifs is 1. The fourth-order valence-electron chi connectivity index (χ4n) is 7.21. The molecule has 0 aromatic heterocycles. The first-order chi connectivity index (χ1) is 19.8. The highest BCUT2D eigenvalue weighted by molar-refractivity contribution is 8.09. The molecule has 2 aliphatic rings. The maximum Gasteiger partial charge on any atom is 0.377 e. The molecule has 1 heterocycles. The average Bonchev–Trinajstić information content (AvgIpc) is 3.24. The topological polar surface area (TPSA) is 18.5 Å². The fourth-order valence-corrected chi connectivity index (χ4v) is 14.6. The first kappa shape index (κ1) is 28.9. The van der Waals surface area contributed by atoms with Crippen LogP contribution in [0.3, 0.4) is 0 Å². The van der Waals surface area contributed by atoms with Crippen LogP contribution in [0.1, 0.15) is 26.7 Å². The Labute approximate surface area is 249 Å². The van der Waals surface area contributed by atoms with E-state index in [0.29, 0.717) is 12.5 Å². The Bertz CT molecular complexity index is 1340. The Kier molecular flexibility index (Phi) is 8.33. The predicted molar refractivity (Wildman–Crippen MR) is 179 cm³/mol. The molecule has 0 spiro atoms. The van der Waals surface area contributed by atoms with Gasteiger partial charge in [-0.1, -0.05) is 72.8 Å². The van der Waals surface area contributed by atoms with E-state index >= 15 is 0 Å². The molecule has 4 radical (unpaired) electrons. The molecule has 1 aliphatic heterocycles. The highest BCUT2D eigenvalue weighted by Crippen LogP contribution is 2.68. The minimum absolute atomic E-state index is 0.0675. The Morgan fingerprint density at radius 3 is 1.59 bits per heavy atom. The summed E-state index contributed by atoms with van der Waals surface area (Å²) in [5, 5.41) is 4.96. The highest BCUT2D eigenvalue weighted by atomic mass is 31.2. The average molecular weight is 574 g/mol. The van der Waals surface area contributed by atoms with Crippen molar-refractivity contribution in [3.8, 4) is 0 Å². The molecule has 4 atom stereocenters. The molecule has 1 aliphatic carbocycles. The number of rotatable bonds is 7. The van der Waals surface area contributed by atoms with Crippen molar-refractivity contribution in [1.82, 2.24) is 0 Å².